The van der Waals surface area contributed by atoms with Crippen molar-refractivity contribution in [3.63, 3.8) is 0 Å². The van der Waals surface area contributed by atoms with Gasteiger partial charge in [0.15, 0.2) is 11.6 Å². The number of aliphatic hydroxyl groups excluding tert-OH is 1. The van der Waals surface area contributed by atoms with Crippen LogP contribution in [-0.2, 0) is 16.6 Å². The van der Waals surface area contributed by atoms with Gasteiger partial charge in [-0.05, 0) is 23.1 Å². The Bertz CT molecular complexity index is 594. The fourth-order valence-electron chi connectivity index (χ4n) is 1.82. The monoisotopic (exact) mass is 307 g/mol. The molecule has 0 aromatic heterocycles. The lowest BCUT2D eigenvalue weighted by atomic mass is 9.97. The van der Waals surface area contributed by atoms with Gasteiger partial charge >= 0.3 is 0 Å². The number of sulfonamides is 1. The number of rotatable bonds is 4. The highest BCUT2D eigenvalue weighted by Gasteiger charge is 2.29. The first-order chi connectivity index (χ1) is 8.99. The van der Waals surface area contributed by atoms with Gasteiger partial charge in [-0.25, -0.2) is 21.5 Å². The van der Waals surface area contributed by atoms with Crippen molar-refractivity contribution in [2.75, 3.05) is 13.6 Å². The minimum absolute atomic E-state index is 0.00614. The van der Waals surface area contributed by atoms with Gasteiger partial charge in [0.05, 0.1) is 6.61 Å². The van der Waals surface area contributed by atoms with E-state index in [9.17, 15) is 17.2 Å². The predicted molar refractivity (Wildman–Crippen MR) is 71.6 cm³/mol. The van der Waals surface area contributed by atoms with Gasteiger partial charge in [-0.3, -0.25) is 0 Å². The Kier molecular flexibility index (Phi) is 4.89. The van der Waals surface area contributed by atoms with Crippen LogP contribution in [0.25, 0.3) is 0 Å². The Morgan fingerprint density at radius 2 is 1.80 bits per heavy atom. The third-order valence-electron chi connectivity index (χ3n) is 2.62. The van der Waals surface area contributed by atoms with Gasteiger partial charge in [-0.1, -0.05) is 20.8 Å². The molecule has 0 fully saturated rings. The molecule has 0 amide bonds. The Balaban J connectivity index is 3.32. The lowest BCUT2D eigenvalue weighted by molar-refractivity contribution is 0.280. The highest BCUT2D eigenvalue weighted by molar-refractivity contribution is 7.89. The summed E-state index contributed by atoms with van der Waals surface area (Å²) in [6.45, 7) is 5.09. The Hall–Kier alpha value is -1.05. The van der Waals surface area contributed by atoms with E-state index in [1.165, 1.54) is 7.05 Å². The molecule has 0 saturated heterocycles. The first-order valence-electron chi connectivity index (χ1n) is 6.04. The summed E-state index contributed by atoms with van der Waals surface area (Å²) in [5.41, 5.74) is -0.322. The topological polar surface area (TPSA) is 57.6 Å². The van der Waals surface area contributed by atoms with Crippen LogP contribution >= 0.6 is 0 Å². The van der Waals surface area contributed by atoms with Crippen molar-refractivity contribution >= 4 is 10.0 Å². The van der Waals surface area contributed by atoms with E-state index in [0.29, 0.717) is 0 Å². The smallest absolute Gasteiger partial charge is 0.245 e. The second-order valence-electron chi connectivity index (χ2n) is 5.87. The van der Waals surface area contributed by atoms with E-state index in [2.05, 4.69) is 0 Å². The third-order valence-corrected chi connectivity index (χ3v) is 4.43. The Morgan fingerprint density at radius 3 is 2.25 bits per heavy atom. The maximum Gasteiger partial charge on any atom is 0.245 e. The zero-order valence-corrected chi connectivity index (χ0v) is 12.8. The predicted octanol–water partition coefficient (Wildman–Crippen LogP) is 2.12. The summed E-state index contributed by atoms with van der Waals surface area (Å²) >= 11 is 0. The molecule has 0 atom stereocenters. The van der Waals surface area contributed by atoms with Crippen LogP contribution in [0.5, 0.6) is 0 Å². The fraction of sp³-hybridized carbons (Fsp3) is 0.538. The summed E-state index contributed by atoms with van der Waals surface area (Å²) in [5.74, 6) is -2.72. The van der Waals surface area contributed by atoms with Gasteiger partial charge < -0.3 is 5.11 Å². The number of aliphatic hydroxyl groups is 1. The molecule has 114 valence electrons. The zero-order chi connectivity index (χ0) is 15.7. The van der Waals surface area contributed by atoms with E-state index in [1.54, 1.807) is 0 Å². The Morgan fingerprint density at radius 1 is 1.25 bits per heavy atom. The lowest BCUT2D eigenvalue weighted by Crippen LogP contribution is -2.35. The SMILES string of the molecule is CN(CC(C)(C)C)S(=O)(=O)c1cc(CO)cc(F)c1F. The van der Waals surface area contributed by atoms with Crippen LogP contribution in [0.15, 0.2) is 17.0 Å². The van der Waals surface area contributed by atoms with Crippen LogP contribution < -0.4 is 0 Å². The van der Waals surface area contributed by atoms with Crippen LogP contribution in [0.4, 0.5) is 8.78 Å². The van der Waals surface area contributed by atoms with Crippen LogP contribution in [0, 0.1) is 17.0 Å². The molecular formula is C13H19F2NO3S. The highest BCUT2D eigenvalue weighted by atomic mass is 32.2. The zero-order valence-electron chi connectivity index (χ0n) is 11.9. The summed E-state index contributed by atoms with van der Waals surface area (Å²) in [5, 5.41) is 8.97. The number of hydrogen-bond acceptors (Lipinski definition) is 3. The third kappa shape index (κ3) is 3.74. The summed E-state index contributed by atoms with van der Waals surface area (Å²) < 4.78 is 52.7. The van der Waals surface area contributed by atoms with Crippen molar-refractivity contribution in [1.29, 1.82) is 0 Å². The molecule has 4 nitrogen and oxygen atoms in total. The number of halogens is 2. The number of hydrogen-bond donors (Lipinski definition) is 1. The van der Waals surface area contributed by atoms with E-state index in [-0.39, 0.29) is 17.5 Å². The molecule has 0 saturated carbocycles. The van der Waals surface area contributed by atoms with Crippen molar-refractivity contribution in [2.24, 2.45) is 5.41 Å². The van der Waals surface area contributed by atoms with Gasteiger partial charge in [0.1, 0.15) is 4.90 Å². The molecule has 1 aromatic carbocycles. The molecule has 1 rings (SSSR count). The standard InChI is InChI=1S/C13H19F2NO3S/c1-13(2,3)8-16(4)20(18,19)11-6-9(7-17)5-10(14)12(11)15/h5-6,17H,7-8H2,1-4H3. The second kappa shape index (κ2) is 5.75. The molecule has 1 aromatic rings. The fourth-order valence-corrected chi connectivity index (χ4v) is 3.33. The summed E-state index contributed by atoms with van der Waals surface area (Å²) in [6.07, 6.45) is 0. The quantitative estimate of drug-likeness (QED) is 0.927. The van der Waals surface area contributed by atoms with Crippen LogP contribution in [0.1, 0.15) is 26.3 Å². The van der Waals surface area contributed by atoms with Gasteiger partial charge in [-0.2, -0.15) is 0 Å². The first kappa shape index (κ1) is 17.0. The molecular weight excluding hydrogens is 288 g/mol. The van der Waals surface area contributed by atoms with Gasteiger partial charge in [0.2, 0.25) is 10.0 Å². The average molecular weight is 307 g/mol. The average Bonchev–Trinajstić information content (AvgIpc) is 2.29. The van der Waals surface area contributed by atoms with Crippen LogP contribution in [0.2, 0.25) is 0 Å². The van der Waals surface area contributed by atoms with Crippen molar-refractivity contribution in [3.8, 4) is 0 Å². The second-order valence-corrected chi connectivity index (χ2v) is 7.88. The number of nitrogens with zero attached hydrogens (tertiary/aromatic N) is 1. The molecule has 0 radical (unpaired) electrons. The van der Waals surface area contributed by atoms with Crippen molar-refractivity contribution < 1.29 is 22.3 Å². The molecule has 0 spiro atoms. The minimum atomic E-state index is -4.15. The lowest BCUT2D eigenvalue weighted by Gasteiger charge is -2.26. The van der Waals surface area contributed by atoms with Crippen molar-refractivity contribution in [1.82, 2.24) is 4.31 Å². The molecule has 0 aliphatic heterocycles. The van der Waals surface area contributed by atoms with Gasteiger partial charge in [0.25, 0.3) is 0 Å². The van der Waals surface area contributed by atoms with E-state index in [4.69, 9.17) is 5.11 Å². The summed E-state index contributed by atoms with van der Waals surface area (Å²) in [4.78, 5) is -0.756. The molecule has 0 bridgehead atoms. The molecule has 0 unspecified atom stereocenters. The highest BCUT2D eigenvalue weighted by Crippen LogP contribution is 2.25. The van der Waals surface area contributed by atoms with E-state index in [1.807, 2.05) is 20.8 Å². The van der Waals surface area contributed by atoms with Crippen molar-refractivity contribution in [3.05, 3.63) is 29.3 Å². The van der Waals surface area contributed by atoms with E-state index >= 15 is 0 Å². The number of benzene rings is 1. The largest absolute Gasteiger partial charge is 0.392 e. The minimum Gasteiger partial charge on any atom is -0.392 e. The summed E-state index contributed by atoms with van der Waals surface area (Å²) in [7, 11) is -2.84. The Labute approximate surface area is 118 Å². The van der Waals surface area contributed by atoms with Crippen LogP contribution in [0.3, 0.4) is 0 Å². The van der Waals surface area contributed by atoms with Gasteiger partial charge in [0, 0.05) is 13.6 Å². The molecule has 0 heterocycles. The maximum absolute atomic E-state index is 13.7. The van der Waals surface area contributed by atoms with Gasteiger partial charge in [-0.15, -0.1) is 0 Å². The normalized spacial score (nSPS) is 13.0. The van der Waals surface area contributed by atoms with E-state index < -0.39 is 33.2 Å². The molecule has 0 aliphatic carbocycles. The van der Waals surface area contributed by atoms with E-state index in [0.717, 1.165) is 16.4 Å². The van der Waals surface area contributed by atoms with Crippen LogP contribution in [-0.4, -0.2) is 31.4 Å². The maximum atomic E-state index is 13.7. The molecule has 1 N–H and O–H groups in total. The summed E-state index contributed by atoms with van der Waals surface area (Å²) in [6, 6.07) is 1.73. The molecule has 7 heteroatoms. The molecule has 0 aliphatic rings. The van der Waals surface area contributed by atoms with Crippen molar-refractivity contribution in [2.45, 2.75) is 32.3 Å². The first-order valence-corrected chi connectivity index (χ1v) is 7.48. The molecule has 20 heavy (non-hydrogen) atoms.